The molecule has 0 aromatic heterocycles. The highest BCUT2D eigenvalue weighted by atomic mass is 19.1. The molecule has 0 spiro atoms. The number of benzene rings is 1. The van der Waals surface area contributed by atoms with Crippen molar-refractivity contribution in [2.24, 2.45) is 11.8 Å². The van der Waals surface area contributed by atoms with E-state index in [1.807, 2.05) is 0 Å². The Labute approximate surface area is 193 Å². The van der Waals surface area contributed by atoms with Crippen LogP contribution in [0.25, 0.3) is 0 Å². The number of esters is 1. The number of unbranched alkanes of at least 4 members (excludes halogenated alkanes) is 4. The molecule has 1 saturated carbocycles. The lowest BCUT2D eigenvalue weighted by Crippen LogP contribution is -2.27. The van der Waals surface area contributed by atoms with Crippen LogP contribution in [0.15, 0.2) is 18.2 Å². The highest BCUT2D eigenvalue weighted by molar-refractivity contribution is 5.89. The first-order valence-corrected chi connectivity index (χ1v) is 12.8. The summed E-state index contributed by atoms with van der Waals surface area (Å²) in [6.45, 7) is 5.52. The van der Waals surface area contributed by atoms with Crippen LogP contribution in [0.1, 0.15) is 113 Å². The van der Waals surface area contributed by atoms with E-state index in [9.17, 15) is 9.18 Å². The summed E-state index contributed by atoms with van der Waals surface area (Å²) in [6.07, 6.45) is 13.3. The first-order valence-electron chi connectivity index (χ1n) is 12.8. The smallest absolute Gasteiger partial charge is 0.338 e. The molecule has 0 atom stereocenters. The van der Waals surface area contributed by atoms with Gasteiger partial charge in [0.2, 0.25) is 0 Å². The Morgan fingerprint density at radius 1 is 0.938 bits per heavy atom. The highest BCUT2D eigenvalue weighted by Crippen LogP contribution is 2.32. The largest absolute Gasteiger partial charge is 0.459 e. The predicted octanol–water partition coefficient (Wildman–Crippen LogP) is 7.36. The third-order valence-electron chi connectivity index (χ3n) is 6.94. The van der Waals surface area contributed by atoms with Gasteiger partial charge in [0.1, 0.15) is 11.9 Å². The van der Waals surface area contributed by atoms with Crippen LogP contribution in [0.4, 0.5) is 4.39 Å². The molecule has 1 aromatic carbocycles. The molecule has 1 aliphatic heterocycles. The Bertz CT molecular complexity index is 691. The standard InChI is InChI=1S/C27H41FO4/c1-3-5-6-7-8-10-20-11-14-23(15-12-20)32-26(29)22-13-16-24(25(28)17-22)27-30-18-21(9-4-2)19-31-27/h13,16-17,20-21,23,27H,3-12,14-15,18-19H2,1-2H3/t20-,21?,23-,27?. The van der Waals surface area contributed by atoms with Crippen molar-refractivity contribution in [3.05, 3.63) is 35.1 Å². The van der Waals surface area contributed by atoms with E-state index in [1.54, 1.807) is 12.1 Å². The predicted molar refractivity (Wildman–Crippen MR) is 124 cm³/mol. The van der Waals surface area contributed by atoms with E-state index < -0.39 is 18.1 Å². The number of ether oxygens (including phenoxy) is 3. The summed E-state index contributed by atoms with van der Waals surface area (Å²) in [4.78, 5) is 12.6. The molecule has 0 bridgehead atoms. The van der Waals surface area contributed by atoms with Gasteiger partial charge in [-0.3, -0.25) is 0 Å². The van der Waals surface area contributed by atoms with Crippen LogP contribution in [-0.2, 0) is 14.2 Å². The molecular formula is C27H41FO4. The number of hydrogen-bond acceptors (Lipinski definition) is 4. The van der Waals surface area contributed by atoms with Crippen LogP contribution in [0.2, 0.25) is 0 Å². The number of halogens is 1. The van der Waals surface area contributed by atoms with Gasteiger partial charge in [0.25, 0.3) is 0 Å². The Morgan fingerprint density at radius 2 is 1.66 bits per heavy atom. The van der Waals surface area contributed by atoms with Crippen LogP contribution in [0.5, 0.6) is 0 Å². The average molecular weight is 449 g/mol. The van der Waals surface area contributed by atoms with Crippen molar-refractivity contribution in [1.82, 2.24) is 0 Å². The SMILES string of the molecule is CCCCCCC[C@H]1CC[C@H](OC(=O)c2ccc(C3OCC(CCC)CO3)c(F)c2)CC1. The number of hydrogen-bond donors (Lipinski definition) is 0. The number of carbonyl (C=O) groups is 1. The topological polar surface area (TPSA) is 44.8 Å². The summed E-state index contributed by atoms with van der Waals surface area (Å²) in [5.41, 5.74) is 0.597. The second kappa shape index (κ2) is 13.3. The highest BCUT2D eigenvalue weighted by Gasteiger charge is 2.27. The normalized spacial score (nSPS) is 26.1. The maximum Gasteiger partial charge on any atom is 0.338 e. The third-order valence-corrected chi connectivity index (χ3v) is 6.94. The van der Waals surface area contributed by atoms with Gasteiger partial charge < -0.3 is 14.2 Å². The van der Waals surface area contributed by atoms with Crippen molar-refractivity contribution in [3.8, 4) is 0 Å². The van der Waals surface area contributed by atoms with Crippen LogP contribution >= 0.6 is 0 Å². The zero-order valence-electron chi connectivity index (χ0n) is 20.0. The fourth-order valence-corrected chi connectivity index (χ4v) is 4.94. The molecule has 2 fully saturated rings. The average Bonchev–Trinajstić information content (AvgIpc) is 2.81. The first-order chi connectivity index (χ1) is 15.6. The van der Waals surface area contributed by atoms with Crippen molar-refractivity contribution in [1.29, 1.82) is 0 Å². The molecule has 3 rings (SSSR count). The minimum absolute atomic E-state index is 0.0536. The van der Waals surface area contributed by atoms with Crippen molar-refractivity contribution < 1.29 is 23.4 Å². The van der Waals surface area contributed by atoms with E-state index in [-0.39, 0.29) is 11.7 Å². The number of rotatable bonds is 11. The molecule has 0 radical (unpaired) electrons. The molecular weight excluding hydrogens is 407 g/mol. The summed E-state index contributed by atoms with van der Waals surface area (Å²) in [7, 11) is 0. The molecule has 2 aliphatic rings. The van der Waals surface area contributed by atoms with Gasteiger partial charge in [0.15, 0.2) is 6.29 Å². The summed E-state index contributed by atoms with van der Waals surface area (Å²) < 4.78 is 31.8. The van der Waals surface area contributed by atoms with Crippen molar-refractivity contribution >= 4 is 5.97 Å². The van der Waals surface area contributed by atoms with Gasteiger partial charge in [-0.15, -0.1) is 0 Å². The van der Waals surface area contributed by atoms with Gasteiger partial charge in [-0.05, 0) is 50.2 Å². The molecule has 1 aliphatic carbocycles. The zero-order chi connectivity index (χ0) is 22.8. The summed E-state index contributed by atoms with van der Waals surface area (Å²) in [6, 6.07) is 4.46. The lowest BCUT2D eigenvalue weighted by molar-refractivity contribution is -0.207. The Kier molecular flexibility index (Phi) is 10.5. The quantitative estimate of drug-likeness (QED) is 0.262. The molecule has 0 unspecified atom stereocenters. The van der Waals surface area contributed by atoms with Crippen LogP contribution < -0.4 is 0 Å². The Balaban J connectivity index is 1.42. The lowest BCUT2D eigenvalue weighted by Gasteiger charge is -2.30. The van der Waals surface area contributed by atoms with Crippen molar-refractivity contribution in [3.63, 3.8) is 0 Å². The molecule has 0 N–H and O–H groups in total. The lowest BCUT2D eigenvalue weighted by atomic mass is 9.84. The number of carbonyl (C=O) groups excluding carboxylic acids is 1. The van der Waals surface area contributed by atoms with Crippen molar-refractivity contribution in [2.75, 3.05) is 13.2 Å². The summed E-state index contributed by atoms with van der Waals surface area (Å²) in [5, 5.41) is 0. The molecule has 0 amide bonds. The minimum Gasteiger partial charge on any atom is -0.459 e. The molecule has 5 heteroatoms. The zero-order valence-corrected chi connectivity index (χ0v) is 20.0. The van der Waals surface area contributed by atoms with Crippen LogP contribution in [-0.4, -0.2) is 25.3 Å². The third kappa shape index (κ3) is 7.55. The van der Waals surface area contributed by atoms with E-state index in [0.717, 1.165) is 44.4 Å². The Hall–Kier alpha value is -1.46. The molecule has 180 valence electrons. The fourth-order valence-electron chi connectivity index (χ4n) is 4.94. The first kappa shape index (κ1) is 25.2. The molecule has 32 heavy (non-hydrogen) atoms. The van der Waals surface area contributed by atoms with E-state index in [1.165, 1.54) is 44.6 Å². The fraction of sp³-hybridized carbons (Fsp3) is 0.741. The van der Waals surface area contributed by atoms with Gasteiger partial charge in [-0.25, -0.2) is 9.18 Å². The van der Waals surface area contributed by atoms with Gasteiger partial charge >= 0.3 is 5.97 Å². The maximum atomic E-state index is 14.7. The van der Waals surface area contributed by atoms with E-state index in [2.05, 4.69) is 13.8 Å². The summed E-state index contributed by atoms with van der Waals surface area (Å²) >= 11 is 0. The monoisotopic (exact) mass is 448 g/mol. The second-order valence-electron chi connectivity index (χ2n) is 9.64. The van der Waals surface area contributed by atoms with E-state index >= 15 is 0 Å². The van der Waals surface area contributed by atoms with Gasteiger partial charge in [-0.1, -0.05) is 64.9 Å². The maximum absolute atomic E-state index is 14.7. The van der Waals surface area contributed by atoms with E-state index in [0.29, 0.717) is 24.7 Å². The van der Waals surface area contributed by atoms with Gasteiger partial charge in [-0.2, -0.15) is 0 Å². The molecule has 1 aromatic rings. The molecule has 4 nitrogen and oxygen atoms in total. The second-order valence-corrected chi connectivity index (χ2v) is 9.64. The van der Waals surface area contributed by atoms with Gasteiger partial charge in [0.05, 0.1) is 18.8 Å². The van der Waals surface area contributed by atoms with Crippen LogP contribution in [0.3, 0.4) is 0 Å². The van der Waals surface area contributed by atoms with Gasteiger partial charge in [0, 0.05) is 11.5 Å². The van der Waals surface area contributed by atoms with Crippen molar-refractivity contribution in [2.45, 2.75) is 103 Å². The van der Waals surface area contributed by atoms with Crippen LogP contribution in [0, 0.1) is 17.7 Å². The van der Waals surface area contributed by atoms with E-state index in [4.69, 9.17) is 14.2 Å². The summed E-state index contributed by atoms with van der Waals surface area (Å²) in [5.74, 6) is 0.206. The minimum atomic E-state index is -0.703. The molecule has 1 heterocycles. The molecule has 1 saturated heterocycles. The Morgan fingerprint density at radius 3 is 2.31 bits per heavy atom.